The van der Waals surface area contributed by atoms with Gasteiger partial charge in [-0.1, -0.05) is 28.1 Å². The molecule has 0 fully saturated rings. The molecule has 1 aromatic heterocycles. The fraction of sp³-hybridized carbons (Fsp3) is 0.214. The maximum absolute atomic E-state index is 12.3. The molecule has 1 atom stereocenters. The SMILES string of the molecule is Cc1cc(S(=O)(=O)N[C@H](C)c2ccc(Br)cc2)cnc1N. The smallest absolute Gasteiger partial charge is 0.242 e. The van der Waals surface area contributed by atoms with E-state index in [-0.39, 0.29) is 10.9 Å². The minimum Gasteiger partial charge on any atom is -0.383 e. The first kappa shape index (κ1) is 15.9. The third-order valence-electron chi connectivity index (χ3n) is 3.11. The van der Waals surface area contributed by atoms with Gasteiger partial charge in [0.15, 0.2) is 0 Å². The molecule has 1 aromatic carbocycles. The second-order valence-corrected chi connectivity index (χ2v) is 7.40. The molecule has 7 heteroatoms. The lowest BCUT2D eigenvalue weighted by atomic mass is 10.1. The molecule has 2 aromatic rings. The van der Waals surface area contributed by atoms with Crippen molar-refractivity contribution in [1.82, 2.24) is 9.71 Å². The Kier molecular flexibility index (Phi) is 4.65. The number of nitrogens with two attached hydrogens (primary N) is 1. The molecule has 3 N–H and O–H groups in total. The summed E-state index contributed by atoms with van der Waals surface area (Å²) in [5.41, 5.74) is 7.12. The number of hydrogen-bond donors (Lipinski definition) is 2. The number of rotatable bonds is 4. The Labute approximate surface area is 132 Å². The summed E-state index contributed by atoms with van der Waals surface area (Å²) < 4.78 is 28.3. The van der Waals surface area contributed by atoms with Crippen LogP contribution in [0.15, 0.2) is 45.9 Å². The highest BCUT2D eigenvalue weighted by Gasteiger charge is 2.19. The van der Waals surface area contributed by atoms with Gasteiger partial charge in [0.2, 0.25) is 10.0 Å². The molecule has 0 bridgehead atoms. The first-order valence-electron chi connectivity index (χ1n) is 6.29. The molecule has 1 heterocycles. The number of nitrogens with one attached hydrogen (secondary N) is 1. The van der Waals surface area contributed by atoms with E-state index in [1.165, 1.54) is 12.3 Å². The lowest BCUT2D eigenvalue weighted by Crippen LogP contribution is -2.27. The topological polar surface area (TPSA) is 85.1 Å². The van der Waals surface area contributed by atoms with Gasteiger partial charge in [0.25, 0.3) is 0 Å². The van der Waals surface area contributed by atoms with Crippen LogP contribution in [0.4, 0.5) is 5.82 Å². The number of aryl methyl sites for hydroxylation is 1. The van der Waals surface area contributed by atoms with Crippen molar-refractivity contribution >= 4 is 31.8 Å². The van der Waals surface area contributed by atoms with E-state index in [2.05, 4.69) is 25.6 Å². The van der Waals surface area contributed by atoms with Crippen LogP contribution in [-0.4, -0.2) is 13.4 Å². The highest BCUT2D eigenvalue weighted by Crippen LogP contribution is 2.20. The molecule has 0 spiro atoms. The first-order valence-corrected chi connectivity index (χ1v) is 8.57. The number of sulfonamides is 1. The average Bonchev–Trinajstić information content (AvgIpc) is 2.42. The van der Waals surface area contributed by atoms with Gasteiger partial charge in [0.05, 0.1) is 0 Å². The normalized spacial score (nSPS) is 13.1. The van der Waals surface area contributed by atoms with Crippen LogP contribution < -0.4 is 10.5 Å². The van der Waals surface area contributed by atoms with Crippen LogP contribution in [-0.2, 0) is 10.0 Å². The summed E-state index contributed by atoms with van der Waals surface area (Å²) in [5, 5.41) is 0. The largest absolute Gasteiger partial charge is 0.383 e. The fourth-order valence-corrected chi connectivity index (χ4v) is 3.35. The third kappa shape index (κ3) is 3.81. The zero-order valence-corrected chi connectivity index (χ0v) is 14.1. The quantitative estimate of drug-likeness (QED) is 0.867. The molecule has 0 aliphatic heterocycles. The second-order valence-electron chi connectivity index (χ2n) is 4.77. The Morgan fingerprint density at radius 2 is 1.90 bits per heavy atom. The summed E-state index contributed by atoms with van der Waals surface area (Å²) in [5.74, 6) is 0.329. The summed E-state index contributed by atoms with van der Waals surface area (Å²) in [6.45, 7) is 3.51. The van der Waals surface area contributed by atoms with E-state index < -0.39 is 10.0 Å². The predicted molar refractivity (Wildman–Crippen MR) is 86.3 cm³/mol. The zero-order chi connectivity index (χ0) is 15.6. The molecule has 0 radical (unpaired) electrons. The van der Waals surface area contributed by atoms with Gasteiger partial charge < -0.3 is 5.73 Å². The minimum absolute atomic E-state index is 0.109. The molecule has 0 amide bonds. The average molecular weight is 370 g/mol. The van der Waals surface area contributed by atoms with Gasteiger partial charge in [-0.2, -0.15) is 0 Å². The number of nitrogen functional groups attached to an aromatic ring is 1. The van der Waals surface area contributed by atoms with Crippen molar-refractivity contribution in [1.29, 1.82) is 0 Å². The van der Waals surface area contributed by atoms with Crippen molar-refractivity contribution in [2.75, 3.05) is 5.73 Å². The number of pyridine rings is 1. The maximum Gasteiger partial charge on any atom is 0.242 e. The van der Waals surface area contributed by atoms with Crippen molar-refractivity contribution in [3.8, 4) is 0 Å². The van der Waals surface area contributed by atoms with Crippen LogP contribution >= 0.6 is 15.9 Å². The van der Waals surface area contributed by atoms with E-state index in [1.807, 2.05) is 24.3 Å². The van der Waals surface area contributed by atoms with Gasteiger partial charge in [-0.3, -0.25) is 0 Å². The van der Waals surface area contributed by atoms with Crippen LogP contribution in [0.1, 0.15) is 24.1 Å². The molecular weight excluding hydrogens is 354 g/mol. The van der Waals surface area contributed by atoms with E-state index in [1.54, 1.807) is 13.8 Å². The summed E-state index contributed by atoms with van der Waals surface area (Å²) >= 11 is 3.35. The van der Waals surface area contributed by atoms with Gasteiger partial charge in [0.1, 0.15) is 10.7 Å². The molecule has 5 nitrogen and oxygen atoms in total. The summed E-state index contributed by atoms with van der Waals surface area (Å²) in [6.07, 6.45) is 1.26. The Morgan fingerprint density at radius 1 is 1.29 bits per heavy atom. The molecule has 112 valence electrons. The van der Waals surface area contributed by atoms with Gasteiger partial charge in [-0.25, -0.2) is 18.1 Å². The van der Waals surface area contributed by atoms with Gasteiger partial charge in [0, 0.05) is 16.7 Å². The molecule has 0 saturated heterocycles. The minimum atomic E-state index is -3.64. The number of halogens is 1. The first-order chi connectivity index (χ1) is 9.79. The fourth-order valence-electron chi connectivity index (χ4n) is 1.83. The highest BCUT2D eigenvalue weighted by atomic mass is 79.9. The molecule has 2 rings (SSSR count). The number of nitrogens with zero attached hydrogens (tertiary/aromatic N) is 1. The monoisotopic (exact) mass is 369 g/mol. The number of hydrogen-bond acceptors (Lipinski definition) is 4. The van der Waals surface area contributed by atoms with Crippen LogP contribution in [0.2, 0.25) is 0 Å². The van der Waals surface area contributed by atoms with Crippen molar-refractivity contribution in [2.24, 2.45) is 0 Å². The molecule has 0 unspecified atom stereocenters. The number of benzene rings is 1. The van der Waals surface area contributed by atoms with Gasteiger partial charge in [-0.05, 0) is 43.2 Å². The maximum atomic E-state index is 12.3. The van der Waals surface area contributed by atoms with E-state index in [4.69, 9.17) is 5.73 Å². The molecular formula is C14H16BrN3O2S. The van der Waals surface area contributed by atoms with E-state index >= 15 is 0 Å². The number of aromatic nitrogens is 1. The van der Waals surface area contributed by atoms with E-state index in [0.29, 0.717) is 11.4 Å². The zero-order valence-electron chi connectivity index (χ0n) is 11.7. The predicted octanol–water partition coefficient (Wildman–Crippen LogP) is 2.77. The van der Waals surface area contributed by atoms with Crippen LogP contribution in [0.25, 0.3) is 0 Å². The Bertz CT molecular complexity index is 745. The van der Waals surface area contributed by atoms with Gasteiger partial charge >= 0.3 is 0 Å². The van der Waals surface area contributed by atoms with Crippen LogP contribution in [0.5, 0.6) is 0 Å². The van der Waals surface area contributed by atoms with Crippen LogP contribution in [0.3, 0.4) is 0 Å². The lowest BCUT2D eigenvalue weighted by molar-refractivity contribution is 0.566. The summed E-state index contributed by atoms with van der Waals surface area (Å²) in [4.78, 5) is 4.00. The van der Waals surface area contributed by atoms with Crippen molar-refractivity contribution < 1.29 is 8.42 Å². The molecule has 0 aliphatic carbocycles. The Hall–Kier alpha value is -1.44. The summed E-state index contributed by atoms with van der Waals surface area (Å²) in [6, 6.07) is 8.64. The van der Waals surface area contributed by atoms with Crippen molar-refractivity contribution in [3.63, 3.8) is 0 Å². The van der Waals surface area contributed by atoms with Gasteiger partial charge in [-0.15, -0.1) is 0 Å². The Balaban J connectivity index is 2.24. The molecule has 21 heavy (non-hydrogen) atoms. The van der Waals surface area contributed by atoms with E-state index in [9.17, 15) is 8.42 Å². The molecule has 0 aliphatic rings. The summed E-state index contributed by atoms with van der Waals surface area (Å²) in [7, 11) is -3.64. The van der Waals surface area contributed by atoms with Crippen molar-refractivity contribution in [2.45, 2.75) is 24.8 Å². The Morgan fingerprint density at radius 3 is 2.48 bits per heavy atom. The second kappa shape index (κ2) is 6.13. The van der Waals surface area contributed by atoms with Crippen molar-refractivity contribution in [3.05, 3.63) is 52.1 Å². The van der Waals surface area contributed by atoms with Crippen LogP contribution in [0, 0.1) is 6.92 Å². The molecule has 0 saturated carbocycles. The highest BCUT2D eigenvalue weighted by molar-refractivity contribution is 9.10. The third-order valence-corrected chi connectivity index (χ3v) is 5.14. The standard InChI is InChI=1S/C14H16BrN3O2S/c1-9-7-13(8-17-14(9)16)21(19,20)18-10(2)11-3-5-12(15)6-4-11/h3-8,10,18H,1-2H3,(H2,16,17)/t10-/m1/s1. The number of anilines is 1. The van der Waals surface area contributed by atoms with E-state index in [0.717, 1.165) is 10.0 Å². The lowest BCUT2D eigenvalue weighted by Gasteiger charge is -2.15.